The molecule has 0 unspecified atom stereocenters. The van der Waals surface area contributed by atoms with E-state index in [-0.39, 0.29) is 6.03 Å². The molecule has 0 spiro atoms. The fraction of sp³-hybridized carbons (Fsp3) is 0.333. The summed E-state index contributed by atoms with van der Waals surface area (Å²) in [4.78, 5) is 18.0. The maximum absolute atomic E-state index is 12.1. The molecule has 0 saturated carbocycles. The third-order valence-corrected chi connectivity index (χ3v) is 3.30. The molecular formula is C18H23N3O2. The van der Waals surface area contributed by atoms with Crippen LogP contribution >= 0.6 is 0 Å². The van der Waals surface area contributed by atoms with Crippen LogP contribution in [0.25, 0.3) is 0 Å². The standard InChI is InChI=1S/C18H23N3O2/c1-3-11-23-17-10-9-16(12-19-17)13-20-18(22)21(2)14-15-7-5-4-6-8-15/h4-10,12H,3,11,13-14H2,1-2H3,(H,20,22). The van der Waals surface area contributed by atoms with E-state index in [9.17, 15) is 4.79 Å². The van der Waals surface area contributed by atoms with Crippen LogP contribution < -0.4 is 10.1 Å². The molecule has 0 radical (unpaired) electrons. The maximum Gasteiger partial charge on any atom is 0.317 e. The minimum atomic E-state index is -0.111. The van der Waals surface area contributed by atoms with E-state index >= 15 is 0 Å². The van der Waals surface area contributed by atoms with Crippen LogP contribution in [0.15, 0.2) is 48.7 Å². The van der Waals surface area contributed by atoms with E-state index in [4.69, 9.17) is 4.74 Å². The van der Waals surface area contributed by atoms with Crippen molar-refractivity contribution in [2.45, 2.75) is 26.4 Å². The normalized spacial score (nSPS) is 10.2. The van der Waals surface area contributed by atoms with Gasteiger partial charge in [-0.25, -0.2) is 9.78 Å². The summed E-state index contributed by atoms with van der Waals surface area (Å²) in [5, 5.41) is 2.89. The number of hydrogen-bond donors (Lipinski definition) is 1. The highest BCUT2D eigenvalue weighted by Gasteiger charge is 2.08. The Balaban J connectivity index is 1.79. The van der Waals surface area contributed by atoms with Crippen LogP contribution in [0.5, 0.6) is 5.88 Å². The molecule has 5 nitrogen and oxygen atoms in total. The van der Waals surface area contributed by atoms with E-state index in [1.54, 1.807) is 18.1 Å². The molecule has 122 valence electrons. The van der Waals surface area contributed by atoms with Crippen LogP contribution in [0.3, 0.4) is 0 Å². The van der Waals surface area contributed by atoms with Crippen molar-refractivity contribution < 1.29 is 9.53 Å². The lowest BCUT2D eigenvalue weighted by molar-refractivity contribution is 0.206. The predicted octanol–water partition coefficient (Wildman–Crippen LogP) is 3.21. The average molecular weight is 313 g/mol. The summed E-state index contributed by atoms with van der Waals surface area (Å²) >= 11 is 0. The SMILES string of the molecule is CCCOc1ccc(CNC(=O)N(C)Cc2ccccc2)cn1. The summed E-state index contributed by atoms with van der Waals surface area (Å²) in [6, 6.07) is 13.5. The summed E-state index contributed by atoms with van der Waals surface area (Å²) in [5.41, 5.74) is 2.04. The average Bonchev–Trinajstić information content (AvgIpc) is 2.59. The molecule has 2 rings (SSSR count). The Kier molecular flexibility index (Phi) is 6.41. The zero-order valence-electron chi connectivity index (χ0n) is 13.7. The third-order valence-electron chi connectivity index (χ3n) is 3.30. The van der Waals surface area contributed by atoms with Gasteiger partial charge in [0.2, 0.25) is 5.88 Å². The van der Waals surface area contributed by atoms with E-state index in [0.29, 0.717) is 25.6 Å². The molecule has 1 aromatic heterocycles. The van der Waals surface area contributed by atoms with Gasteiger partial charge in [0.05, 0.1) is 6.61 Å². The number of pyridine rings is 1. The Morgan fingerprint density at radius 1 is 1.17 bits per heavy atom. The van der Waals surface area contributed by atoms with Gasteiger partial charge in [0.15, 0.2) is 0 Å². The quantitative estimate of drug-likeness (QED) is 0.854. The van der Waals surface area contributed by atoms with Crippen LogP contribution in [-0.4, -0.2) is 29.6 Å². The summed E-state index contributed by atoms with van der Waals surface area (Å²) in [7, 11) is 1.78. The highest BCUT2D eigenvalue weighted by molar-refractivity contribution is 5.73. The van der Waals surface area contributed by atoms with Crippen LogP contribution in [0.2, 0.25) is 0 Å². The Hall–Kier alpha value is -2.56. The fourth-order valence-electron chi connectivity index (χ4n) is 2.05. The van der Waals surface area contributed by atoms with Crippen molar-refractivity contribution in [2.75, 3.05) is 13.7 Å². The van der Waals surface area contributed by atoms with Gasteiger partial charge in [-0.2, -0.15) is 0 Å². The molecule has 23 heavy (non-hydrogen) atoms. The lowest BCUT2D eigenvalue weighted by atomic mass is 10.2. The van der Waals surface area contributed by atoms with Gasteiger partial charge in [0, 0.05) is 32.4 Å². The number of carbonyl (C=O) groups is 1. The van der Waals surface area contributed by atoms with Gasteiger partial charge < -0.3 is 15.0 Å². The molecule has 1 N–H and O–H groups in total. The van der Waals surface area contributed by atoms with Crippen LogP contribution in [-0.2, 0) is 13.1 Å². The van der Waals surface area contributed by atoms with Gasteiger partial charge in [0.1, 0.15) is 0 Å². The first-order valence-electron chi connectivity index (χ1n) is 7.79. The number of hydrogen-bond acceptors (Lipinski definition) is 3. The van der Waals surface area contributed by atoms with E-state index < -0.39 is 0 Å². The highest BCUT2D eigenvalue weighted by atomic mass is 16.5. The third kappa shape index (κ3) is 5.62. The highest BCUT2D eigenvalue weighted by Crippen LogP contribution is 2.08. The topological polar surface area (TPSA) is 54.5 Å². The predicted molar refractivity (Wildman–Crippen MR) is 90.2 cm³/mol. The summed E-state index contributed by atoms with van der Waals surface area (Å²) in [6.07, 6.45) is 2.68. The Morgan fingerprint density at radius 3 is 2.61 bits per heavy atom. The van der Waals surface area contributed by atoms with Crippen molar-refractivity contribution >= 4 is 6.03 Å². The van der Waals surface area contributed by atoms with Crippen LogP contribution in [0.4, 0.5) is 4.79 Å². The number of rotatable bonds is 7. The van der Waals surface area contributed by atoms with E-state index in [1.165, 1.54) is 0 Å². The zero-order chi connectivity index (χ0) is 16.5. The Labute approximate surface area is 137 Å². The molecule has 0 atom stereocenters. The molecule has 0 aliphatic rings. The molecule has 2 amide bonds. The lowest BCUT2D eigenvalue weighted by Gasteiger charge is -2.18. The molecule has 1 aromatic carbocycles. The maximum atomic E-state index is 12.1. The number of urea groups is 1. The van der Waals surface area contributed by atoms with Crippen molar-refractivity contribution in [2.24, 2.45) is 0 Å². The van der Waals surface area contributed by atoms with Gasteiger partial charge in [-0.3, -0.25) is 0 Å². The summed E-state index contributed by atoms with van der Waals surface area (Å²) in [5.74, 6) is 0.614. The first-order valence-corrected chi connectivity index (χ1v) is 7.79. The van der Waals surface area contributed by atoms with Gasteiger partial charge >= 0.3 is 6.03 Å². The lowest BCUT2D eigenvalue weighted by Crippen LogP contribution is -2.36. The molecule has 0 saturated heterocycles. The largest absolute Gasteiger partial charge is 0.478 e. The minimum Gasteiger partial charge on any atom is -0.478 e. The van der Waals surface area contributed by atoms with Crippen molar-refractivity contribution in [3.05, 3.63) is 59.8 Å². The summed E-state index contributed by atoms with van der Waals surface area (Å²) < 4.78 is 5.43. The number of amides is 2. The number of benzene rings is 1. The summed E-state index contributed by atoms with van der Waals surface area (Å²) in [6.45, 7) is 3.73. The van der Waals surface area contributed by atoms with Gasteiger partial charge in [0.25, 0.3) is 0 Å². The molecule has 1 heterocycles. The molecule has 5 heteroatoms. The van der Waals surface area contributed by atoms with Crippen molar-refractivity contribution in [1.82, 2.24) is 15.2 Å². The van der Waals surface area contributed by atoms with E-state index in [0.717, 1.165) is 17.5 Å². The second-order valence-electron chi connectivity index (χ2n) is 5.35. The molecule has 0 aliphatic heterocycles. The Morgan fingerprint density at radius 2 is 1.96 bits per heavy atom. The Bertz CT molecular complexity index is 599. The fourth-order valence-corrected chi connectivity index (χ4v) is 2.05. The van der Waals surface area contributed by atoms with Crippen LogP contribution in [0.1, 0.15) is 24.5 Å². The van der Waals surface area contributed by atoms with E-state index in [1.807, 2.05) is 42.5 Å². The first-order chi connectivity index (χ1) is 11.2. The van der Waals surface area contributed by atoms with Gasteiger partial charge in [-0.05, 0) is 17.5 Å². The minimum absolute atomic E-state index is 0.111. The second-order valence-corrected chi connectivity index (χ2v) is 5.35. The molecule has 0 bridgehead atoms. The molecule has 0 aliphatic carbocycles. The number of nitrogens with zero attached hydrogens (tertiary/aromatic N) is 2. The van der Waals surface area contributed by atoms with E-state index in [2.05, 4.69) is 17.2 Å². The first kappa shape index (κ1) is 16.8. The van der Waals surface area contributed by atoms with Crippen molar-refractivity contribution in [1.29, 1.82) is 0 Å². The molecule has 0 fully saturated rings. The monoisotopic (exact) mass is 313 g/mol. The molecule has 2 aromatic rings. The number of carbonyl (C=O) groups excluding carboxylic acids is 1. The second kappa shape index (κ2) is 8.78. The number of aromatic nitrogens is 1. The van der Waals surface area contributed by atoms with Crippen molar-refractivity contribution in [3.8, 4) is 5.88 Å². The van der Waals surface area contributed by atoms with Gasteiger partial charge in [-0.15, -0.1) is 0 Å². The number of ether oxygens (including phenoxy) is 1. The smallest absolute Gasteiger partial charge is 0.317 e. The molecular weight excluding hydrogens is 290 g/mol. The zero-order valence-corrected chi connectivity index (χ0v) is 13.7. The van der Waals surface area contributed by atoms with Crippen LogP contribution in [0, 0.1) is 0 Å². The van der Waals surface area contributed by atoms with Gasteiger partial charge in [-0.1, -0.05) is 43.3 Å². The number of nitrogens with one attached hydrogen (secondary N) is 1. The van der Waals surface area contributed by atoms with Crippen molar-refractivity contribution in [3.63, 3.8) is 0 Å².